The largest absolute Gasteiger partial charge is 0.494 e. The zero-order chi connectivity index (χ0) is 20.2. The molecule has 1 aliphatic carbocycles. The van der Waals surface area contributed by atoms with E-state index >= 15 is 0 Å². The average molecular weight is 385 g/mol. The minimum absolute atomic E-state index is 0.0548. The van der Waals surface area contributed by atoms with Gasteiger partial charge in [-0.25, -0.2) is 0 Å². The van der Waals surface area contributed by atoms with Gasteiger partial charge in [0.2, 0.25) is 5.88 Å². The molecule has 0 aromatic carbocycles. The van der Waals surface area contributed by atoms with Crippen molar-refractivity contribution in [2.24, 2.45) is 5.41 Å². The molecule has 148 valence electrons. The van der Waals surface area contributed by atoms with E-state index in [9.17, 15) is 14.7 Å². The van der Waals surface area contributed by atoms with Crippen molar-refractivity contribution < 1.29 is 9.90 Å². The van der Waals surface area contributed by atoms with Crippen LogP contribution in [0.25, 0.3) is 17.0 Å². The monoisotopic (exact) mass is 385 g/mol. The number of hydrogen-bond donors (Lipinski definition) is 4. The number of nitrogens with two attached hydrogens (primary N) is 1. The average Bonchev–Trinajstić information content (AvgIpc) is 3.12. The van der Waals surface area contributed by atoms with Gasteiger partial charge < -0.3 is 16.2 Å². The second-order valence-corrected chi connectivity index (χ2v) is 8.40. The lowest BCUT2D eigenvalue weighted by Gasteiger charge is -2.23. The summed E-state index contributed by atoms with van der Waals surface area (Å²) in [5.74, 6) is -0.650. The quantitative estimate of drug-likeness (QED) is 0.530. The van der Waals surface area contributed by atoms with Crippen molar-refractivity contribution in [3.8, 4) is 17.3 Å². The third kappa shape index (κ3) is 3.21. The second-order valence-electron chi connectivity index (χ2n) is 8.40. The number of aromatic nitrogens is 5. The van der Waals surface area contributed by atoms with E-state index < -0.39 is 11.5 Å². The van der Waals surface area contributed by atoms with Crippen LogP contribution in [0.4, 0.5) is 5.82 Å². The fraction of sp³-hybridized carbons (Fsp3) is 0.444. The highest BCUT2D eigenvalue weighted by atomic mass is 16.3. The molecule has 5 N–H and O–H groups in total. The van der Waals surface area contributed by atoms with Gasteiger partial charge in [0, 0.05) is 24.7 Å². The van der Waals surface area contributed by atoms with Gasteiger partial charge in [-0.3, -0.25) is 19.3 Å². The topological polar surface area (TPSA) is 143 Å². The SMILES string of the molecule is CC(C)(C)Cn1c(O)c(C(=O)NC2CC2)c(=O)n2nc(-c3cc(N)n[nH]3)cc12. The molecule has 28 heavy (non-hydrogen) atoms. The number of fused-ring (bicyclic) bond motifs is 1. The first-order valence-electron chi connectivity index (χ1n) is 9.12. The molecular formula is C18H23N7O3. The van der Waals surface area contributed by atoms with Gasteiger partial charge in [0.05, 0.1) is 5.69 Å². The first-order valence-corrected chi connectivity index (χ1v) is 9.12. The van der Waals surface area contributed by atoms with E-state index in [-0.39, 0.29) is 22.9 Å². The Morgan fingerprint density at radius 2 is 2.11 bits per heavy atom. The smallest absolute Gasteiger partial charge is 0.291 e. The maximum atomic E-state index is 13.0. The van der Waals surface area contributed by atoms with Crippen LogP contribution < -0.4 is 16.6 Å². The van der Waals surface area contributed by atoms with Gasteiger partial charge in [-0.05, 0) is 18.3 Å². The van der Waals surface area contributed by atoms with Crippen LogP contribution in [0.1, 0.15) is 44.0 Å². The maximum Gasteiger partial charge on any atom is 0.291 e. The fourth-order valence-electron chi connectivity index (χ4n) is 3.07. The van der Waals surface area contributed by atoms with Gasteiger partial charge in [-0.1, -0.05) is 20.8 Å². The molecule has 0 spiro atoms. The highest BCUT2D eigenvalue weighted by Crippen LogP contribution is 2.27. The molecule has 1 amide bonds. The summed E-state index contributed by atoms with van der Waals surface area (Å²) < 4.78 is 2.68. The van der Waals surface area contributed by atoms with Crippen LogP contribution >= 0.6 is 0 Å². The van der Waals surface area contributed by atoms with Crippen molar-refractivity contribution in [2.75, 3.05) is 5.73 Å². The molecule has 10 heteroatoms. The first-order chi connectivity index (χ1) is 13.1. The molecule has 0 unspecified atom stereocenters. The summed E-state index contributed by atoms with van der Waals surface area (Å²) in [5, 5.41) is 24.6. The molecule has 3 aromatic rings. The van der Waals surface area contributed by atoms with Crippen molar-refractivity contribution >= 4 is 17.4 Å². The maximum absolute atomic E-state index is 13.0. The van der Waals surface area contributed by atoms with E-state index in [2.05, 4.69) is 20.6 Å². The summed E-state index contributed by atoms with van der Waals surface area (Å²) in [7, 11) is 0. The second kappa shape index (κ2) is 6.11. The lowest BCUT2D eigenvalue weighted by molar-refractivity contribution is 0.0944. The molecule has 4 rings (SSSR count). The van der Waals surface area contributed by atoms with Crippen LogP contribution in [-0.2, 0) is 6.54 Å². The van der Waals surface area contributed by atoms with Crippen LogP contribution in [-0.4, -0.2) is 41.4 Å². The third-order valence-corrected chi connectivity index (χ3v) is 4.50. The summed E-state index contributed by atoms with van der Waals surface area (Å²) in [6, 6.07) is 3.31. The van der Waals surface area contributed by atoms with E-state index in [0.717, 1.165) is 17.4 Å². The van der Waals surface area contributed by atoms with Crippen molar-refractivity contribution in [3.63, 3.8) is 0 Å². The number of hydrogen-bond acceptors (Lipinski definition) is 6. The molecule has 10 nitrogen and oxygen atoms in total. The lowest BCUT2D eigenvalue weighted by atomic mass is 9.96. The third-order valence-electron chi connectivity index (χ3n) is 4.50. The standard InChI is InChI=1S/C18H23N7O3/c1-18(2,3)8-24-13-7-11(10-6-12(19)22-21-10)23-25(13)17(28)14(16(24)27)15(26)20-9-4-5-9/h6-7,9,27H,4-5,8H2,1-3H3,(H,20,26)(H3,19,21,22). The minimum atomic E-state index is -0.672. The van der Waals surface area contributed by atoms with Gasteiger partial charge in [0.25, 0.3) is 11.5 Å². The Kier molecular flexibility index (Phi) is 3.95. The number of nitrogens with zero attached hydrogens (tertiary/aromatic N) is 4. The van der Waals surface area contributed by atoms with Crippen LogP contribution in [0, 0.1) is 5.41 Å². The molecule has 0 bridgehead atoms. The molecule has 0 saturated heterocycles. The van der Waals surface area contributed by atoms with E-state index in [1.807, 2.05) is 20.8 Å². The van der Waals surface area contributed by atoms with Crippen molar-refractivity contribution in [1.82, 2.24) is 29.7 Å². The number of anilines is 1. The zero-order valence-corrected chi connectivity index (χ0v) is 16.0. The normalized spacial score (nSPS) is 14.5. The molecule has 0 radical (unpaired) electrons. The number of carbonyl (C=O) groups excluding carboxylic acids is 1. The summed E-state index contributed by atoms with van der Waals surface area (Å²) in [6.45, 7) is 6.37. The Balaban J connectivity index is 1.94. The van der Waals surface area contributed by atoms with Gasteiger partial charge in [0.15, 0.2) is 5.56 Å². The summed E-state index contributed by atoms with van der Waals surface area (Å²) in [5.41, 5.74) is 5.80. The van der Waals surface area contributed by atoms with E-state index in [0.29, 0.717) is 29.4 Å². The summed E-state index contributed by atoms with van der Waals surface area (Å²) in [4.78, 5) is 25.6. The van der Waals surface area contributed by atoms with Gasteiger partial charge in [0.1, 0.15) is 17.2 Å². The highest BCUT2D eigenvalue weighted by Gasteiger charge is 2.30. The number of amides is 1. The molecule has 1 fully saturated rings. The predicted molar refractivity (Wildman–Crippen MR) is 103 cm³/mol. The summed E-state index contributed by atoms with van der Waals surface area (Å²) >= 11 is 0. The van der Waals surface area contributed by atoms with Crippen LogP contribution in [0.3, 0.4) is 0 Å². The zero-order valence-electron chi connectivity index (χ0n) is 16.0. The molecule has 1 aliphatic rings. The number of rotatable bonds is 4. The van der Waals surface area contributed by atoms with E-state index in [1.165, 1.54) is 0 Å². The molecule has 1 saturated carbocycles. The van der Waals surface area contributed by atoms with Crippen LogP contribution in [0.15, 0.2) is 16.9 Å². The Bertz CT molecular complexity index is 1130. The first kappa shape index (κ1) is 18.1. The van der Waals surface area contributed by atoms with Crippen molar-refractivity contribution in [3.05, 3.63) is 28.0 Å². The van der Waals surface area contributed by atoms with Gasteiger partial charge in [-0.2, -0.15) is 14.7 Å². The van der Waals surface area contributed by atoms with Crippen molar-refractivity contribution in [2.45, 2.75) is 46.2 Å². The van der Waals surface area contributed by atoms with Gasteiger partial charge >= 0.3 is 0 Å². The molecular weight excluding hydrogens is 362 g/mol. The number of nitrogens with one attached hydrogen (secondary N) is 2. The number of aromatic hydroxyl groups is 1. The van der Waals surface area contributed by atoms with Crippen LogP contribution in [0.5, 0.6) is 5.88 Å². The summed E-state index contributed by atoms with van der Waals surface area (Å²) in [6.07, 6.45) is 1.75. The molecule has 3 aromatic heterocycles. The van der Waals surface area contributed by atoms with Crippen LogP contribution in [0.2, 0.25) is 0 Å². The Morgan fingerprint density at radius 1 is 1.39 bits per heavy atom. The van der Waals surface area contributed by atoms with E-state index in [4.69, 9.17) is 5.73 Å². The Morgan fingerprint density at radius 3 is 2.68 bits per heavy atom. The lowest BCUT2D eigenvalue weighted by Crippen LogP contribution is -2.35. The predicted octanol–water partition coefficient (Wildman–Crippen LogP) is 1.11. The number of H-pyrrole nitrogens is 1. The minimum Gasteiger partial charge on any atom is -0.494 e. The fourth-order valence-corrected chi connectivity index (χ4v) is 3.07. The van der Waals surface area contributed by atoms with Crippen molar-refractivity contribution in [1.29, 1.82) is 0 Å². The highest BCUT2D eigenvalue weighted by molar-refractivity contribution is 5.96. The molecule has 0 atom stereocenters. The number of nitrogen functional groups attached to an aromatic ring is 1. The molecule has 0 aliphatic heterocycles. The van der Waals surface area contributed by atoms with E-state index in [1.54, 1.807) is 16.7 Å². The van der Waals surface area contributed by atoms with Gasteiger partial charge in [-0.15, -0.1) is 0 Å². The Labute approximate surface area is 160 Å². The molecule has 3 heterocycles. The number of aromatic amines is 1. The number of carbonyl (C=O) groups is 1. The Hall–Kier alpha value is -3.30.